The lowest BCUT2D eigenvalue weighted by Gasteiger charge is -2.37. The molecule has 2 aliphatic rings. The van der Waals surface area contributed by atoms with Gasteiger partial charge in [-0.3, -0.25) is 4.79 Å². The molecule has 0 aliphatic carbocycles. The molecule has 2 saturated heterocycles. The quantitative estimate of drug-likeness (QED) is 0.593. The van der Waals surface area contributed by atoms with Crippen LogP contribution >= 0.6 is 0 Å². The SMILES string of the molecule is CCNC(=NCc1ccccc1COC)N1CCN(C(=O)C2CCCO2)CC1. The summed E-state index contributed by atoms with van der Waals surface area (Å²) < 4.78 is 10.8. The van der Waals surface area contributed by atoms with Crippen molar-refractivity contribution in [3.63, 3.8) is 0 Å². The molecule has 154 valence electrons. The van der Waals surface area contributed by atoms with E-state index in [1.54, 1.807) is 7.11 Å². The Morgan fingerprint density at radius 1 is 1.21 bits per heavy atom. The Morgan fingerprint density at radius 2 is 1.93 bits per heavy atom. The first-order chi connectivity index (χ1) is 13.7. The van der Waals surface area contributed by atoms with Crippen LogP contribution in [0.2, 0.25) is 0 Å². The van der Waals surface area contributed by atoms with E-state index in [4.69, 9.17) is 14.5 Å². The fourth-order valence-corrected chi connectivity index (χ4v) is 3.71. The number of benzene rings is 1. The number of hydrogen-bond donors (Lipinski definition) is 1. The van der Waals surface area contributed by atoms with Crippen LogP contribution in [-0.2, 0) is 27.4 Å². The monoisotopic (exact) mass is 388 g/mol. The largest absolute Gasteiger partial charge is 0.380 e. The predicted octanol–water partition coefficient (Wildman–Crippen LogP) is 1.62. The minimum atomic E-state index is -0.231. The van der Waals surface area contributed by atoms with E-state index in [1.807, 2.05) is 17.0 Å². The lowest BCUT2D eigenvalue weighted by molar-refractivity contribution is -0.142. The van der Waals surface area contributed by atoms with Crippen molar-refractivity contribution in [2.75, 3.05) is 46.4 Å². The number of guanidine groups is 1. The van der Waals surface area contributed by atoms with Crippen LogP contribution in [0.5, 0.6) is 0 Å². The highest BCUT2D eigenvalue weighted by atomic mass is 16.5. The summed E-state index contributed by atoms with van der Waals surface area (Å²) in [5.41, 5.74) is 2.34. The van der Waals surface area contributed by atoms with E-state index in [0.717, 1.165) is 44.0 Å². The molecule has 7 nitrogen and oxygen atoms in total. The number of aliphatic imine (C=N–C) groups is 1. The normalized spacial score (nSPS) is 20.5. The summed E-state index contributed by atoms with van der Waals surface area (Å²) in [7, 11) is 1.71. The van der Waals surface area contributed by atoms with Gasteiger partial charge in [-0.2, -0.15) is 0 Å². The van der Waals surface area contributed by atoms with E-state index in [9.17, 15) is 4.79 Å². The van der Waals surface area contributed by atoms with E-state index in [2.05, 4.69) is 29.3 Å². The molecule has 2 heterocycles. The van der Waals surface area contributed by atoms with Gasteiger partial charge in [-0.05, 0) is 30.9 Å². The molecule has 0 saturated carbocycles. The zero-order valence-electron chi connectivity index (χ0n) is 17.0. The van der Waals surface area contributed by atoms with Crippen molar-refractivity contribution in [1.82, 2.24) is 15.1 Å². The molecule has 1 amide bonds. The van der Waals surface area contributed by atoms with Crippen LogP contribution in [0.4, 0.5) is 0 Å². The second-order valence-corrected chi connectivity index (χ2v) is 7.19. The molecule has 7 heteroatoms. The Morgan fingerprint density at radius 3 is 2.57 bits per heavy atom. The first-order valence-corrected chi connectivity index (χ1v) is 10.2. The van der Waals surface area contributed by atoms with Gasteiger partial charge in [-0.15, -0.1) is 0 Å². The Hall–Kier alpha value is -2.12. The highest BCUT2D eigenvalue weighted by molar-refractivity contribution is 5.82. The van der Waals surface area contributed by atoms with E-state index < -0.39 is 0 Å². The van der Waals surface area contributed by atoms with Crippen LogP contribution in [0, 0.1) is 0 Å². The van der Waals surface area contributed by atoms with Crippen LogP contribution in [0.25, 0.3) is 0 Å². The van der Waals surface area contributed by atoms with Gasteiger partial charge >= 0.3 is 0 Å². The molecule has 28 heavy (non-hydrogen) atoms. The molecule has 0 aromatic heterocycles. The van der Waals surface area contributed by atoms with Crippen molar-refractivity contribution < 1.29 is 14.3 Å². The van der Waals surface area contributed by atoms with Crippen LogP contribution in [0.15, 0.2) is 29.3 Å². The van der Waals surface area contributed by atoms with Gasteiger partial charge in [0, 0.05) is 46.4 Å². The average Bonchev–Trinajstić information content (AvgIpc) is 3.27. The number of piperazine rings is 1. The highest BCUT2D eigenvalue weighted by Gasteiger charge is 2.30. The maximum absolute atomic E-state index is 12.5. The van der Waals surface area contributed by atoms with Gasteiger partial charge in [0.25, 0.3) is 5.91 Å². The van der Waals surface area contributed by atoms with Crippen LogP contribution in [0.1, 0.15) is 30.9 Å². The smallest absolute Gasteiger partial charge is 0.251 e. The second kappa shape index (κ2) is 10.4. The summed E-state index contributed by atoms with van der Waals surface area (Å²) in [4.78, 5) is 21.6. The van der Waals surface area contributed by atoms with Gasteiger partial charge in [0.15, 0.2) is 5.96 Å². The van der Waals surface area contributed by atoms with Crippen LogP contribution in [-0.4, -0.2) is 74.2 Å². The Balaban J connectivity index is 1.60. The number of carbonyl (C=O) groups is 1. The van der Waals surface area contributed by atoms with Crippen molar-refractivity contribution in [3.8, 4) is 0 Å². The number of ether oxygens (including phenoxy) is 2. The first-order valence-electron chi connectivity index (χ1n) is 10.2. The molecular formula is C21H32N4O3. The molecule has 0 spiro atoms. The Labute approximate surface area is 167 Å². The molecule has 1 aromatic carbocycles. The molecule has 1 atom stereocenters. The number of methoxy groups -OCH3 is 1. The maximum Gasteiger partial charge on any atom is 0.251 e. The third-order valence-electron chi connectivity index (χ3n) is 5.25. The Kier molecular flexibility index (Phi) is 7.68. The summed E-state index contributed by atoms with van der Waals surface area (Å²) in [6.45, 7) is 7.78. The topological polar surface area (TPSA) is 66.4 Å². The van der Waals surface area contributed by atoms with Gasteiger partial charge < -0.3 is 24.6 Å². The van der Waals surface area contributed by atoms with Gasteiger partial charge in [-0.1, -0.05) is 24.3 Å². The van der Waals surface area contributed by atoms with Gasteiger partial charge in [-0.25, -0.2) is 4.99 Å². The zero-order chi connectivity index (χ0) is 19.8. The lowest BCUT2D eigenvalue weighted by Crippen LogP contribution is -2.55. The summed E-state index contributed by atoms with van der Waals surface area (Å²) in [5.74, 6) is 1.05. The average molecular weight is 389 g/mol. The van der Waals surface area contributed by atoms with Crippen molar-refractivity contribution in [3.05, 3.63) is 35.4 Å². The van der Waals surface area contributed by atoms with Crippen LogP contribution in [0.3, 0.4) is 0 Å². The fourth-order valence-electron chi connectivity index (χ4n) is 3.71. The first kappa shape index (κ1) is 20.6. The molecule has 1 aromatic rings. The number of nitrogens with one attached hydrogen (secondary N) is 1. The number of rotatable bonds is 6. The Bertz CT molecular complexity index is 665. The summed E-state index contributed by atoms with van der Waals surface area (Å²) in [6, 6.07) is 8.24. The van der Waals surface area contributed by atoms with Crippen molar-refractivity contribution in [2.24, 2.45) is 4.99 Å². The van der Waals surface area contributed by atoms with E-state index in [0.29, 0.717) is 32.8 Å². The molecule has 1 unspecified atom stereocenters. The minimum absolute atomic E-state index is 0.146. The van der Waals surface area contributed by atoms with E-state index >= 15 is 0 Å². The van der Waals surface area contributed by atoms with Crippen molar-refractivity contribution in [2.45, 2.75) is 39.0 Å². The van der Waals surface area contributed by atoms with E-state index in [1.165, 1.54) is 5.56 Å². The van der Waals surface area contributed by atoms with Crippen molar-refractivity contribution >= 4 is 11.9 Å². The fraction of sp³-hybridized carbons (Fsp3) is 0.619. The highest BCUT2D eigenvalue weighted by Crippen LogP contribution is 2.16. The maximum atomic E-state index is 12.5. The van der Waals surface area contributed by atoms with Gasteiger partial charge in [0.1, 0.15) is 6.10 Å². The van der Waals surface area contributed by atoms with Gasteiger partial charge in [0.05, 0.1) is 13.2 Å². The molecule has 3 rings (SSSR count). The zero-order valence-corrected chi connectivity index (χ0v) is 17.0. The molecule has 2 aliphatic heterocycles. The molecule has 0 bridgehead atoms. The number of carbonyl (C=O) groups excluding carboxylic acids is 1. The third-order valence-corrected chi connectivity index (χ3v) is 5.25. The number of amides is 1. The second-order valence-electron chi connectivity index (χ2n) is 7.19. The minimum Gasteiger partial charge on any atom is -0.380 e. The molecular weight excluding hydrogens is 356 g/mol. The third kappa shape index (κ3) is 5.23. The lowest BCUT2D eigenvalue weighted by atomic mass is 10.1. The predicted molar refractivity (Wildman–Crippen MR) is 109 cm³/mol. The number of nitrogens with zero attached hydrogens (tertiary/aromatic N) is 3. The molecule has 1 N–H and O–H groups in total. The van der Waals surface area contributed by atoms with E-state index in [-0.39, 0.29) is 12.0 Å². The standard InChI is InChI=1S/C21H32N4O3/c1-3-22-21(23-15-17-7-4-5-8-18(17)16-27-2)25-12-10-24(11-13-25)20(26)19-9-6-14-28-19/h4-5,7-8,19H,3,6,9-16H2,1-2H3,(H,22,23). The van der Waals surface area contributed by atoms with Crippen LogP contribution < -0.4 is 5.32 Å². The number of hydrogen-bond acceptors (Lipinski definition) is 4. The molecule has 0 radical (unpaired) electrons. The van der Waals surface area contributed by atoms with Crippen molar-refractivity contribution in [1.29, 1.82) is 0 Å². The summed E-state index contributed by atoms with van der Waals surface area (Å²) in [5, 5.41) is 3.39. The molecule has 2 fully saturated rings. The summed E-state index contributed by atoms with van der Waals surface area (Å²) >= 11 is 0. The van der Waals surface area contributed by atoms with Gasteiger partial charge in [0.2, 0.25) is 0 Å². The summed E-state index contributed by atoms with van der Waals surface area (Å²) in [6.07, 6.45) is 1.60.